The Balaban J connectivity index is 1.63. The molecule has 0 aromatic carbocycles. The van der Waals surface area contributed by atoms with Gasteiger partial charge in [-0.2, -0.15) is 10.4 Å². The second-order valence-electron chi connectivity index (χ2n) is 5.59. The lowest BCUT2D eigenvalue weighted by atomic mass is 9.87. The number of hydrogen-bond donors (Lipinski definition) is 0. The minimum Gasteiger partial charge on any atom is -0.455 e. The third kappa shape index (κ3) is 3.74. The maximum atomic E-state index is 12.2. The monoisotopic (exact) mass is 333 g/mol. The van der Waals surface area contributed by atoms with E-state index in [1.54, 1.807) is 23.0 Å². The number of carbonyl (C=O) groups is 1. The van der Waals surface area contributed by atoms with Crippen LogP contribution in [-0.4, -0.2) is 21.9 Å². The van der Waals surface area contributed by atoms with Crippen LogP contribution in [-0.2, 0) is 11.3 Å². The Labute approximate surface area is 138 Å². The Hall–Kier alpha value is -2.26. The lowest BCUT2D eigenvalue weighted by Crippen LogP contribution is -2.29. The molecule has 1 saturated carbocycles. The summed E-state index contributed by atoms with van der Waals surface area (Å²) in [4.78, 5) is 12.2. The summed E-state index contributed by atoms with van der Waals surface area (Å²) in [6.07, 6.45) is 6.33. The molecule has 2 aromatic heterocycles. The molecule has 1 fully saturated rings. The van der Waals surface area contributed by atoms with Gasteiger partial charge < -0.3 is 9.15 Å². The fourth-order valence-electron chi connectivity index (χ4n) is 2.74. The van der Waals surface area contributed by atoms with E-state index in [0.29, 0.717) is 17.3 Å². The van der Waals surface area contributed by atoms with Gasteiger partial charge in [0.05, 0.1) is 29.8 Å². The van der Waals surface area contributed by atoms with E-state index in [0.717, 1.165) is 25.7 Å². The summed E-state index contributed by atoms with van der Waals surface area (Å²) in [5.74, 6) is -0.0343. The van der Waals surface area contributed by atoms with E-state index < -0.39 is 5.97 Å². The molecule has 2 atom stereocenters. The van der Waals surface area contributed by atoms with E-state index in [1.165, 1.54) is 6.20 Å². The number of rotatable bonds is 4. The van der Waals surface area contributed by atoms with Gasteiger partial charge in [0.25, 0.3) is 0 Å². The standard InChI is InChI=1S/C16H16ClN3O3/c17-12-8-19-20(9-12)10-13-5-6-15(22-13)16(21)23-14-4-2-1-3-11(14)7-18/h5-6,8-9,11,14H,1-4,10H2/t11-,14+/m0/s1. The third-order valence-corrected chi connectivity index (χ3v) is 4.10. The summed E-state index contributed by atoms with van der Waals surface area (Å²) in [5.41, 5.74) is 0. The van der Waals surface area contributed by atoms with Gasteiger partial charge in [0.15, 0.2) is 0 Å². The van der Waals surface area contributed by atoms with Crippen LogP contribution in [0.4, 0.5) is 0 Å². The Bertz CT molecular complexity index is 731. The van der Waals surface area contributed by atoms with Crippen molar-refractivity contribution in [3.8, 4) is 6.07 Å². The van der Waals surface area contributed by atoms with Gasteiger partial charge in [0, 0.05) is 6.20 Å². The second kappa shape index (κ2) is 6.88. The van der Waals surface area contributed by atoms with Crippen molar-refractivity contribution in [2.45, 2.75) is 38.3 Å². The normalized spacial score (nSPS) is 20.9. The molecule has 1 aliphatic rings. The Morgan fingerprint density at radius 3 is 3.04 bits per heavy atom. The highest BCUT2D eigenvalue weighted by atomic mass is 35.5. The molecular formula is C16H16ClN3O3. The summed E-state index contributed by atoms with van der Waals surface area (Å²) in [6.45, 7) is 0.379. The highest BCUT2D eigenvalue weighted by Crippen LogP contribution is 2.27. The summed E-state index contributed by atoms with van der Waals surface area (Å²) in [6, 6.07) is 5.50. The molecule has 0 unspecified atom stereocenters. The number of nitrogens with zero attached hydrogens (tertiary/aromatic N) is 3. The van der Waals surface area contributed by atoms with Crippen LogP contribution in [0.25, 0.3) is 0 Å². The van der Waals surface area contributed by atoms with Crippen LogP contribution < -0.4 is 0 Å². The molecule has 0 bridgehead atoms. The van der Waals surface area contributed by atoms with Crippen molar-refractivity contribution in [1.29, 1.82) is 5.26 Å². The van der Waals surface area contributed by atoms with Crippen LogP contribution >= 0.6 is 11.6 Å². The predicted molar refractivity (Wildman–Crippen MR) is 81.8 cm³/mol. The maximum Gasteiger partial charge on any atom is 0.374 e. The second-order valence-corrected chi connectivity index (χ2v) is 6.02. The molecule has 0 saturated heterocycles. The Morgan fingerprint density at radius 2 is 2.30 bits per heavy atom. The van der Waals surface area contributed by atoms with Crippen molar-refractivity contribution in [2.24, 2.45) is 5.92 Å². The lowest BCUT2D eigenvalue weighted by Gasteiger charge is -2.25. The zero-order valence-corrected chi connectivity index (χ0v) is 13.2. The summed E-state index contributed by atoms with van der Waals surface area (Å²) in [7, 11) is 0. The van der Waals surface area contributed by atoms with Crippen LogP contribution in [0.3, 0.4) is 0 Å². The average molecular weight is 334 g/mol. The number of nitriles is 1. The molecule has 0 N–H and O–H groups in total. The maximum absolute atomic E-state index is 12.2. The molecule has 0 spiro atoms. The average Bonchev–Trinajstić information content (AvgIpc) is 3.17. The van der Waals surface area contributed by atoms with Crippen molar-refractivity contribution in [2.75, 3.05) is 0 Å². The first-order valence-corrected chi connectivity index (χ1v) is 7.91. The van der Waals surface area contributed by atoms with Crippen molar-refractivity contribution in [3.63, 3.8) is 0 Å². The zero-order chi connectivity index (χ0) is 16.2. The molecule has 6 nitrogen and oxygen atoms in total. The first-order chi connectivity index (χ1) is 11.2. The van der Waals surface area contributed by atoms with Crippen LogP contribution in [0, 0.1) is 17.2 Å². The number of furan rings is 1. The molecule has 0 radical (unpaired) electrons. The quantitative estimate of drug-likeness (QED) is 0.801. The van der Waals surface area contributed by atoms with Gasteiger partial charge in [-0.1, -0.05) is 18.0 Å². The summed E-state index contributed by atoms with van der Waals surface area (Å²) in [5, 5.41) is 13.7. The number of halogens is 1. The molecule has 7 heteroatoms. The predicted octanol–water partition coefficient (Wildman–Crippen LogP) is 3.42. The van der Waals surface area contributed by atoms with E-state index in [2.05, 4.69) is 11.2 Å². The first-order valence-electron chi connectivity index (χ1n) is 7.53. The van der Waals surface area contributed by atoms with Crippen molar-refractivity contribution in [3.05, 3.63) is 41.1 Å². The van der Waals surface area contributed by atoms with Gasteiger partial charge >= 0.3 is 5.97 Å². The van der Waals surface area contributed by atoms with Crippen molar-refractivity contribution >= 4 is 17.6 Å². The van der Waals surface area contributed by atoms with Crippen molar-refractivity contribution in [1.82, 2.24) is 9.78 Å². The van der Waals surface area contributed by atoms with E-state index in [-0.39, 0.29) is 17.8 Å². The van der Waals surface area contributed by atoms with E-state index in [1.807, 2.05) is 0 Å². The van der Waals surface area contributed by atoms with Crippen LogP contribution in [0.1, 0.15) is 42.0 Å². The van der Waals surface area contributed by atoms with Gasteiger partial charge in [-0.25, -0.2) is 4.79 Å². The summed E-state index contributed by atoms with van der Waals surface area (Å²) < 4.78 is 12.6. The molecule has 23 heavy (non-hydrogen) atoms. The molecule has 2 heterocycles. The molecule has 0 amide bonds. The number of esters is 1. The number of hydrogen-bond acceptors (Lipinski definition) is 5. The third-order valence-electron chi connectivity index (χ3n) is 3.91. The van der Waals surface area contributed by atoms with Gasteiger partial charge in [-0.3, -0.25) is 4.68 Å². The topological polar surface area (TPSA) is 81.0 Å². The summed E-state index contributed by atoms with van der Waals surface area (Å²) >= 11 is 5.80. The molecule has 3 rings (SSSR count). The van der Waals surface area contributed by atoms with Crippen LogP contribution in [0.5, 0.6) is 0 Å². The lowest BCUT2D eigenvalue weighted by molar-refractivity contribution is 0.00735. The largest absolute Gasteiger partial charge is 0.455 e. The molecule has 0 aliphatic heterocycles. The molecular weight excluding hydrogens is 318 g/mol. The number of aromatic nitrogens is 2. The van der Waals surface area contributed by atoms with Gasteiger partial charge in [-0.15, -0.1) is 0 Å². The van der Waals surface area contributed by atoms with E-state index >= 15 is 0 Å². The fraction of sp³-hybridized carbons (Fsp3) is 0.438. The SMILES string of the molecule is N#C[C@@H]1CCCC[C@H]1OC(=O)c1ccc(Cn2cc(Cl)cn2)o1. The van der Waals surface area contributed by atoms with Crippen LogP contribution in [0.2, 0.25) is 5.02 Å². The highest BCUT2D eigenvalue weighted by molar-refractivity contribution is 6.30. The van der Waals surface area contributed by atoms with Crippen molar-refractivity contribution < 1.29 is 13.9 Å². The van der Waals surface area contributed by atoms with E-state index in [9.17, 15) is 4.79 Å². The smallest absolute Gasteiger partial charge is 0.374 e. The van der Waals surface area contributed by atoms with Gasteiger partial charge in [0.2, 0.25) is 5.76 Å². The zero-order valence-electron chi connectivity index (χ0n) is 12.4. The molecule has 1 aliphatic carbocycles. The minimum atomic E-state index is -0.526. The Kier molecular flexibility index (Phi) is 4.68. The Morgan fingerprint density at radius 1 is 1.48 bits per heavy atom. The highest BCUT2D eigenvalue weighted by Gasteiger charge is 2.29. The number of ether oxygens (including phenoxy) is 1. The minimum absolute atomic E-state index is 0.139. The fourth-order valence-corrected chi connectivity index (χ4v) is 2.89. The molecule has 120 valence electrons. The molecule has 2 aromatic rings. The van der Waals surface area contributed by atoms with Crippen LogP contribution in [0.15, 0.2) is 28.9 Å². The van der Waals surface area contributed by atoms with Gasteiger partial charge in [-0.05, 0) is 31.4 Å². The first kappa shape index (κ1) is 15.6. The van der Waals surface area contributed by atoms with E-state index in [4.69, 9.17) is 26.0 Å². The van der Waals surface area contributed by atoms with Gasteiger partial charge in [0.1, 0.15) is 11.9 Å². The number of carbonyl (C=O) groups excluding carboxylic acids is 1.